The summed E-state index contributed by atoms with van der Waals surface area (Å²) in [5, 5.41) is 0. The molecule has 0 amide bonds. The van der Waals surface area contributed by atoms with E-state index in [0.29, 0.717) is 0 Å². The summed E-state index contributed by atoms with van der Waals surface area (Å²) in [5.74, 6) is 0. The van der Waals surface area contributed by atoms with Crippen molar-refractivity contribution in [1.82, 2.24) is 4.57 Å². The number of rotatable bonds is 2. The Hall–Kier alpha value is -0.720. The van der Waals surface area contributed by atoms with Crippen molar-refractivity contribution < 1.29 is 0 Å². The number of aryl methyl sites for hydroxylation is 2. The van der Waals surface area contributed by atoms with E-state index in [2.05, 4.69) is 37.7 Å². The first kappa shape index (κ1) is 7.39. The van der Waals surface area contributed by atoms with E-state index in [-0.39, 0.29) is 0 Å². The number of hydrogen-bond acceptors (Lipinski definition) is 0. The molecule has 0 atom stereocenters. The van der Waals surface area contributed by atoms with Crippen molar-refractivity contribution in [3.8, 4) is 0 Å². The predicted octanol–water partition coefficient (Wildman–Crippen LogP) is 2.15. The van der Waals surface area contributed by atoms with Crippen LogP contribution < -0.4 is 0 Å². The fourth-order valence-corrected chi connectivity index (χ4v) is 1.41. The van der Waals surface area contributed by atoms with Crippen LogP contribution in [0, 0.1) is 0 Å². The number of nitrogens with zero attached hydrogens (tertiary/aromatic N) is 1. The summed E-state index contributed by atoms with van der Waals surface area (Å²) in [6.07, 6.45) is 4.44. The zero-order chi connectivity index (χ0) is 7.56. The molecule has 56 valence electrons. The highest BCUT2D eigenvalue weighted by molar-refractivity contribution is 5.21. The van der Waals surface area contributed by atoms with Gasteiger partial charge in [0.05, 0.1) is 0 Å². The van der Waals surface area contributed by atoms with Gasteiger partial charge in [-0.05, 0) is 24.5 Å². The first-order valence-electron chi connectivity index (χ1n) is 3.92. The summed E-state index contributed by atoms with van der Waals surface area (Å²) >= 11 is 0. The summed E-state index contributed by atoms with van der Waals surface area (Å²) in [6.45, 7) is 4.41. The molecule has 0 aromatic carbocycles. The van der Waals surface area contributed by atoms with E-state index in [9.17, 15) is 0 Å². The van der Waals surface area contributed by atoms with Crippen LogP contribution in [0.3, 0.4) is 0 Å². The van der Waals surface area contributed by atoms with Crippen molar-refractivity contribution in [2.75, 3.05) is 0 Å². The molecule has 0 spiro atoms. The summed E-state index contributed by atoms with van der Waals surface area (Å²) < 4.78 is 2.21. The third-order valence-corrected chi connectivity index (χ3v) is 2.01. The molecule has 0 bridgehead atoms. The molecule has 1 nitrogen and oxygen atoms in total. The van der Waals surface area contributed by atoms with Crippen molar-refractivity contribution in [2.24, 2.45) is 7.05 Å². The third-order valence-electron chi connectivity index (χ3n) is 2.01. The molecule has 0 radical (unpaired) electrons. The molecular formula is C9H15N. The lowest BCUT2D eigenvalue weighted by Crippen LogP contribution is -1.95. The smallest absolute Gasteiger partial charge is 0.0200 e. The van der Waals surface area contributed by atoms with Gasteiger partial charge >= 0.3 is 0 Å². The van der Waals surface area contributed by atoms with Crippen LogP contribution in [-0.2, 0) is 19.9 Å². The maximum atomic E-state index is 2.21. The standard InChI is InChI=1S/C9H15N/c1-4-8-6-7-10(3)9(8)5-2/h6-7H,4-5H2,1-3H3. The SMILES string of the molecule is CCc1ccn(C)c1CC. The molecule has 1 rings (SSSR count). The Morgan fingerprint density at radius 3 is 2.40 bits per heavy atom. The Morgan fingerprint density at radius 2 is 2.00 bits per heavy atom. The van der Waals surface area contributed by atoms with Gasteiger partial charge in [0.1, 0.15) is 0 Å². The van der Waals surface area contributed by atoms with E-state index in [1.165, 1.54) is 11.3 Å². The van der Waals surface area contributed by atoms with Crippen LogP contribution in [-0.4, -0.2) is 4.57 Å². The summed E-state index contributed by atoms with van der Waals surface area (Å²) in [5.41, 5.74) is 2.97. The monoisotopic (exact) mass is 137 g/mol. The Kier molecular flexibility index (Phi) is 2.15. The van der Waals surface area contributed by atoms with Crippen LogP contribution in [0.2, 0.25) is 0 Å². The second-order valence-electron chi connectivity index (χ2n) is 2.61. The van der Waals surface area contributed by atoms with E-state index < -0.39 is 0 Å². The van der Waals surface area contributed by atoms with Crippen LogP contribution in [0.1, 0.15) is 25.1 Å². The highest BCUT2D eigenvalue weighted by atomic mass is 14.9. The van der Waals surface area contributed by atoms with Gasteiger partial charge in [-0.3, -0.25) is 0 Å². The van der Waals surface area contributed by atoms with Gasteiger partial charge in [0.25, 0.3) is 0 Å². The lowest BCUT2D eigenvalue weighted by molar-refractivity contribution is 0.823. The zero-order valence-electron chi connectivity index (χ0n) is 7.02. The fraction of sp³-hybridized carbons (Fsp3) is 0.556. The van der Waals surface area contributed by atoms with E-state index >= 15 is 0 Å². The van der Waals surface area contributed by atoms with Crippen molar-refractivity contribution in [3.63, 3.8) is 0 Å². The summed E-state index contributed by atoms with van der Waals surface area (Å²) in [4.78, 5) is 0. The molecule has 1 heterocycles. The normalized spacial score (nSPS) is 10.3. The fourth-order valence-electron chi connectivity index (χ4n) is 1.41. The Labute approximate surface area is 62.7 Å². The Bertz CT molecular complexity index is 211. The third kappa shape index (κ3) is 1.08. The minimum absolute atomic E-state index is 1.15. The molecule has 0 N–H and O–H groups in total. The Morgan fingerprint density at radius 1 is 1.30 bits per heavy atom. The molecule has 1 aromatic rings. The van der Waals surface area contributed by atoms with Crippen LogP contribution in [0.4, 0.5) is 0 Å². The highest BCUT2D eigenvalue weighted by Crippen LogP contribution is 2.10. The first-order chi connectivity index (χ1) is 4.79. The molecule has 1 heteroatoms. The molecule has 0 saturated carbocycles. The lowest BCUT2D eigenvalue weighted by atomic mass is 10.1. The number of aromatic nitrogens is 1. The summed E-state index contributed by atoms with van der Waals surface area (Å²) in [7, 11) is 2.11. The lowest BCUT2D eigenvalue weighted by Gasteiger charge is -2.01. The molecule has 0 aliphatic carbocycles. The van der Waals surface area contributed by atoms with Crippen molar-refractivity contribution in [1.29, 1.82) is 0 Å². The van der Waals surface area contributed by atoms with Crippen molar-refractivity contribution in [2.45, 2.75) is 26.7 Å². The number of hydrogen-bond donors (Lipinski definition) is 0. The van der Waals surface area contributed by atoms with E-state index in [0.717, 1.165) is 12.8 Å². The maximum Gasteiger partial charge on any atom is 0.0200 e. The predicted molar refractivity (Wildman–Crippen MR) is 44.2 cm³/mol. The van der Waals surface area contributed by atoms with Gasteiger partial charge in [0, 0.05) is 18.9 Å². The summed E-state index contributed by atoms with van der Waals surface area (Å²) in [6, 6.07) is 2.21. The van der Waals surface area contributed by atoms with Gasteiger partial charge in [-0.1, -0.05) is 13.8 Å². The van der Waals surface area contributed by atoms with E-state index in [4.69, 9.17) is 0 Å². The Balaban J connectivity index is 3.01. The van der Waals surface area contributed by atoms with Crippen molar-refractivity contribution >= 4 is 0 Å². The molecule has 10 heavy (non-hydrogen) atoms. The minimum Gasteiger partial charge on any atom is -0.354 e. The minimum atomic E-state index is 1.15. The van der Waals surface area contributed by atoms with Crippen LogP contribution in [0.25, 0.3) is 0 Å². The largest absolute Gasteiger partial charge is 0.354 e. The average Bonchev–Trinajstić information content (AvgIpc) is 2.30. The quantitative estimate of drug-likeness (QED) is 0.588. The molecule has 0 aliphatic rings. The average molecular weight is 137 g/mol. The molecule has 0 aliphatic heterocycles. The maximum absolute atomic E-state index is 2.21. The van der Waals surface area contributed by atoms with Crippen LogP contribution in [0.15, 0.2) is 12.3 Å². The molecular weight excluding hydrogens is 122 g/mol. The van der Waals surface area contributed by atoms with Crippen LogP contribution in [0.5, 0.6) is 0 Å². The van der Waals surface area contributed by atoms with E-state index in [1.807, 2.05) is 0 Å². The zero-order valence-corrected chi connectivity index (χ0v) is 7.02. The van der Waals surface area contributed by atoms with E-state index in [1.54, 1.807) is 0 Å². The van der Waals surface area contributed by atoms with Gasteiger partial charge in [-0.2, -0.15) is 0 Å². The van der Waals surface area contributed by atoms with Gasteiger partial charge in [0.15, 0.2) is 0 Å². The topological polar surface area (TPSA) is 4.93 Å². The highest BCUT2D eigenvalue weighted by Gasteiger charge is 2.00. The van der Waals surface area contributed by atoms with Gasteiger partial charge in [-0.15, -0.1) is 0 Å². The second-order valence-corrected chi connectivity index (χ2v) is 2.61. The first-order valence-corrected chi connectivity index (χ1v) is 3.92. The molecule has 1 aromatic heterocycles. The van der Waals surface area contributed by atoms with Gasteiger partial charge in [-0.25, -0.2) is 0 Å². The van der Waals surface area contributed by atoms with Gasteiger partial charge < -0.3 is 4.57 Å². The molecule has 0 unspecified atom stereocenters. The van der Waals surface area contributed by atoms with Gasteiger partial charge in [0.2, 0.25) is 0 Å². The van der Waals surface area contributed by atoms with Crippen molar-refractivity contribution in [3.05, 3.63) is 23.5 Å². The second kappa shape index (κ2) is 2.91. The molecule has 0 fully saturated rings. The van der Waals surface area contributed by atoms with Crippen LogP contribution >= 0.6 is 0 Å². The molecule has 0 saturated heterocycles.